The third-order valence-corrected chi connectivity index (χ3v) is 3.38. The number of rotatable bonds is 3. The van der Waals surface area contributed by atoms with Gasteiger partial charge in [-0.15, -0.1) is 0 Å². The third kappa shape index (κ3) is 2.98. The molecule has 1 aromatic rings. The van der Waals surface area contributed by atoms with E-state index in [1.54, 1.807) is 0 Å². The van der Waals surface area contributed by atoms with Crippen LogP contribution in [-0.2, 0) is 11.3 Å². The van der Waals surface area contributed by atoms with E-state index in [-0.39, 0.29) is 11.9 Å². The highest BCUT2D eigenvalue weighted by molar-refractivity contribution is 5.78. The van der Waals surface area contributed by atoms with Crippen LogP contribution in [0.5, 0.6) is 11.5 Å². The molecule has 5 heteroatoms. The predicted octanol–water partition coefficient (Wildman–Crippen LogP) is 0.826. The Morgan fingerprint density at radius 1 is 1.26 bits per heavy atom. The topological polar surface area (TPSA) is 59.6 Å². The molecular formula is C14H18N2O3. The van der Waals surface area contributed by atoms with Gasteiger partial charge in [-0.05, 0) is 17.7 Å². The zero-order chi connectivity index (χ0) is 13.1. The van der Waals surface area contributed by atoms with Gasteiger partial charge in [0.25, 0.3) is 0 Å². The highest BCUT2D eigenvalue weighted by atomic mass is 16.5. The van der Waals surface area contributed by atoms with E-state index < -0.39 is 0 Å². The van der Waals surface area contributed by atoms with Gasteiger partial charge in [0.15, 0.2) is 11.5 Å². The van der Waals surface area contributed by atoms with Gasteiger partial charge in [-0.2, -0.15) is 0 Å². The molecule has 5 nitrogen and oxygen atoms in total. The second-order valence-electron chi connectivity index (χ2n) is 4.92. The average molecular weight is 262 g/mol. The van der Waals surface area contributed by atoms with E-state index in [2.05, 4.69) is 10.6 Å². The van der Waals surface area contributed by atoms with Gasteiger partial charge in [-0.3, -0.25) is 4.79 Å². The van der Waals surface area contributed by atoms with Crippen molar-refractivity contribution in [3.8, 4) is 11.5 Å². The second-order valence-corrected chi connectivity index (χ2v) is 4.92. The lowest BCUT2D eigenvalue weighted by atomic mass is 10.1. The van der Waals surface area contributed by atoms with Crippen molar-refractivity contribution >= 4 is 5.91 Å². The lowest BCUT2D eigenvalue weighted by Crippen LogP contribution is -2.30. The Balaban J connectivity index is 1.62. The van der Waals surface area contributed by atoms with Crippen LogP contribution in [0, 0.1) is 0 Å². The van der Waals surface area contributed by atoms with Crippen LogP contribution in [0.25, 0.3) is 0 Å². The Morgan fingerprint density at radius 3 is 2.89 bits per heavy atom. The fraction of sp³-hybridized carbons (Fsp3) is 0.500. The molecule has 2 aliphatic rings. The van der Waals surface area contributed by atoms with E-state index in [1.807, 2.05) is 18.2 Å². The van der Waals surface area contributed by atoms with Crippen LogP contribution >= 0.6 is 0 Å². The Kier molecular flexibility index (Phi) is 3.55. The zero-order valence-electron chi connectivity index (χ0n) is 10.8. The van der Waals surface area contributed by atoms with Crippen molar-refractivity contribution in [3.05, 3.63) is 23.8 Å². The summed E-state index contributed by atoms with van der Waals surface area (Å²) >= 11 is 0. The molecule has 2 heterocycles. The average Bonchev–Trinajstić information content (AvgIpc) is 2.70. The molecule has 1 saturated heterocycles. The van der Waals surface area contributed by atoms with Gasteiger partial charge in [0, 0.05) is 32.0 Å². The molecule has 3 rings (SSSR count). The monoisotopic (exact) mass is 262 g/mol. The van der Waals surface area contributed by atoms with E-state index in [0.717, 1.165) is 30.0 Å². The standard InChI is InChI=1S/C14H18N2O3/c17-14-7-11(9-16-14)15-8-10-2-3-12-13(6-10)19-5-1-4-18-12/h2-3,6,11,15H,1,4-5,7-9H2,(H,16,17). The Labute approximate surface area is 112 Å². The predicted molar refractivity (Wildman–Crippen MR) is 70.3 cm³/mol. The molecule has 0 aromatic heterocycles. The molecule has 0 aliphatic carbocycles. The van der Waals surface area contributed by atoms with Crippen molar-refractivity contribution in [2.75, 3.05) is 19.8 Å². The van der Waals surface area contributed by atoms with Crippen molar-refractivity contribution in [2.24, 2.45) is 0 Å². The van der Waals surface area contributed by atoms with E-state index in [0.29, 0.717) is 26.2 Å². The summed E-state index contributed by atoms with van der Waals surface area (Å²) in [4.78, 5) is 11.1. The Hall–Kier alpha value is -1.75. The molecule has 1 atom stereocenters. The number of hydrogen-bond donors (Lipinski definition) is 2. The van der Waals surface area contributed by atoms with E-state index in [4.69, 9.17) is 9.47 Å². The summed E-state index contributed by atoms with van der Waals surface area (Å²) in [6.45, 7) is 2.85. The number of hydrogen-bond acceptors (Lipinski definition) is 4. The molecule has 0 bridgehead atoms. The highest BCUT2D eigenvalue weighted by Crippen LogP contribution is 2.30. The lowest BCUT2D eigenvalue weighted by Gasteiger charge is -2.12. The Bertz CT molecular complexity index is 476. The van der Waals surface area contributed by atoms with Crippen LogP contribution in [0.15, 0.2) is 18.2 Å². The van der Waals surface area contributed by atoms with Gasteiger partial charge in [-0.25, -0.2) is 0 Å². The Morgan fingerprint density at radius 2 is 2.11 bits per heavy atom. The largest absolute Gasteiger partial charge is 0.490 e. The smallest absolute Gasteiger partial charge is 0.221 e. The summed E-state index contributed by atoms with van der Waals surface area (Å²) in [6.07, 6.45) is 1.47. The number of carbonyl (C=O) groups is 1. The van der Waals surface area contributed by atoms with Gasteiger partial charge >= 0.3 is 0 Å². The highest BCUT2D eigenvalue weighted by Gasteiger charge is 2.20. The summed E-state index contributed by atoms with van der Waals surface area (Å²) < 4.78 is 11.3. The van der Waals surface area contributed by atoms with E-state index >= 15 is 0 Å². The van der Waals surface area contributed by atoms with Crippen LogP contribution in [-0.4, -0.2) is 31.7 Å². The molecule has 102 valence electrons. The molecule has 0 saturated carbocycles. The van der Waals surface area contributed by atoms with Crippen molar-refractivity contribution in [3.63, 3.8) is 0 Å². The van der Waals surface area contributed by atoms with Crippen molar-refractivity contribution in [1.29, 1.82) is 0 Å². The molecular weight excluding hydrogens is 244 g/mol. The number of amides is 1. The molecule has 1 amide bonds. The van der Waals surface area contributed by atoms with E-state index in [9.17, 15) is 4.79 Å². The molecule has 0 spiro atoms. The number of ether oxygens (including phenoxy) is 2. The van der Waals surface area contributed by atoms with Crippen LogP contribution in [0.3, 0.4) is 0 Å². The summed E-state index contributed by atoms with van der Waals surface area (Å²) in [7, 11) is 0. The molecule has 2 N–H and O–H groups in total. The molecule has 1 unspecified atom stereocenters. The molecule has 0 radical (unpaired) electrons. The lowest BCUT2D eigenvalue weighted by molar-refractivity contribution is -0.119. The van der Waals surface area contributed by atoms with E-state index in [1.165, 1.54) is 0 Å². The zero-order valence-corrected chi connectivity index (χ0v) is 10.8. The first-order valence-electron chi connectivity index (χ1n) is 6.70. The normalized spacial score (nSPS) is 21.9. The number of fused-ring (bicyclic) bond motifs is 1. The minimum atomic E-state index is 0.121. The summed E-state index contributed by atoms with van der Waals surface area (Å²) in [6, 6.07) is 6.22. The number of nitrogens with one attached hydrogen (secondary N) is 2. The fourth-order valence-electron chi connectivity index (χ4n) is 2.33. The summed E-state index contributed by atoms with van der Waals surface area (Å²) in [5.41, 5.74) is 1.14. The van der Waals surface area contributed by atoms with Crippen LogP contribution < -0.4 is 20.1 Å². The molecule has 2 aliphatic heterocycles. The van der Waals surface area contributed by atoms with Gasteiger partial charge in [0.2, 0.25) is 5.91 Å². The summed E-state index contributed by atoms with van der Waals surface area (Å²) in [5.74, 6) is 1.76. The van der Waals surface area contributed by atoms with Crippen LogP contribution in [0.1, 0.15) is 18.4 Å². The van der Waals surface area contributed by atoms with Crippen molar-refractivity contribution < 1.29 is 14.3 Å². The van der Waals surface area contributed by atoms with Crippen LogP contribution in [0.2, 0.25) is 0 Å². The SMILES string of the molecule is O=C1CC(NCc2ccc3c(c2)OCCCO3)CN1. The maximum Gasteiger partial charge on any atom is 0.221 e. The minimum absolute atomic E-state index is 0.121. The van der Waals surface area contributed by atoms with Gasteiger partial charge < -0.3 is 20.1 Å². The first-order valence-corrected chi connectivity index (χ1v) is 6.70. The maximum atomic E-state index is 11.1. The summed E-state index contributed by atoms with van der Waals surface area (Å²) in [5, 5.41) is 6.19. The molecule has 1 fully saturated rings. The second kappa shape index (κ2) is 5.48. The molecule has 1 aromatic carbocycles. The first-order chi connectivity index (χ1) is 9.31. The van der Waals surface area contributed by atoms with Crippen LogP contribution in [0.4, 0.5) is 0 Å². The third-order valence-electron chi connectivity index (χ3n) is 3.38. The van der Waals surface area contributed by atoms with Crippen molar-refractivity contribution in [2.45, 2.75) is 25.4 Å². The fourth-order valence-corrected chi connectivity index (χ4v) is 2.33. The number of benzene rings is 1. The first kappa shape index (κ1) is 12.3. The quantitative estimate of drug-likeness (QED) is 0.847. The number of carbonyl (C=O) groups excluding carboxylic acids is 1. The molecule has 19 heavy (non-hydrogen) atoms. The van der Waals surface area contributed by atoms with Crippen molar-refractivity contribution in [1.82, 2.24) is 10.6 Å². The van der Waals surface area contributed by atoms with Gasteiger partial charge in [0.1, 0.15) is 0 Å². The minimum Gasteiger partial charge on any atom is -0.490 e. The maximum absolute atomic E-state index is 11.1. The van der Waals surface area contributed by atoms with Gasteiger partial charge in [-0.1, -0.05) is 6.07 Å². The van der Waals surface area contributed by atoms with Gasteiger partial charge in [0.05, 0.1) is 13.2 Å².